The van der Waals surface area contributed by atoms with E-state index in [9.17, 15) is 9.50 Å². The van der Waals surface area contributed by atoms with E-state index in [-0.39, 0.29) is 17.7 Å². The average Bonchev–Trinajstić information content (AvgIpc) is 3.60. The smallest absolute Gasteiger partial charge is 0.230 e. The van der Waals surface area contributed by atoms with Gasteiger partial charge in [0.15, 0.2) is 5.76 Å². The van der Waals surface area contributed by atoms with Crippen LogP contribution in [0.15, 0.2) is 65.3 Å². The molecule has 184 valence electrons. The van der Waals surface area contributed by atoms with E-state index in [0.717, 1.165) is 5.56 Å². The zero-order chi connectivity index (χ0) is 24.8. The molecule has 0 aliphatic carbocycles. The highest BCUT2D eigenvalue weighted by Gasteiger charge is 2.33. The predicted molar refractivity (Wildman–Crippen MR) is 139 cm³/mol. The van der Waals surface area contributed by atoms with Crippen molar-refractivity contribution in [2.24, 2.45) is 0 Å². The third-order valence-electron chi connectivity index (χ3n) is 6.32. The quantitative estimate of drug-likeness (QED) is 0.288. The lowest BCUT2D eigenvalue weighted by molar-refractivity contribution is 0.211. The lowest BCUT2D eigenvalue weighted by Crippen LogP contribution is -2.48. The lowest BCUT2D eigenvalue weighted by Gasteiger charge is -2.40. The number of aromatic hydroxyl groups is 1. The Morgan fingerprint density at radius 2 is 1.83 bits per heavy atom. The average molecular weight is 544 g/mol. The van der Waals surface area contributed by atoms with Crippen LogP contribution in [0.3, 0.4) is 0 Å². The number of aromatic nitrogens is 3. The predicted octanol–water partition coefficient (Wildman–Crippen LogP) is 6.11. The highest BCUT2D eigenvalue weighted by Crippen LogP contribution is 2.43. The van der Waals surface area contributed by atoms with Crippen LogP contribution in [0.5, 0.6) is 5.88 Å². The van der Waals surface area contributed by atoms with Crippen molar-refractivity contribution in [1.29, 1.82) is 0 Å². The number of rotatable bonds is 5. The van der Waals surface area contributed by atoms with Gasteiger partial charge >= 0.3 is 0 Å². The van der Waals surface area contributed by atoms with Gasteiger partial charge in [0, 0.05) is 36.2 Å². The van der Waals surface area contributed by atoms with E-state index < -0.39 is 0 Å². The summed E-state index contributed by atoms with van der Waals surface area (Å²) >= 11 is 14.2. The van der Waals surface area contributed by atoms with Gasteiger partial charge in [0.05, 0.1) is 22.9 Å². The molecule has 0 unspecified atom stereocenters. The summed E-state index contributed by atoms with van der Waals surface area (Å²) in [5.74, 6) is 0.674. The van der Waals surface area contributed by atoms with E-state index in [1.165, 1.54) is 21.9 Å². The SMILES string of the molecule is Oc1c([C@H](c2ccc(Cl)cc2Cl)N2CCN(c3ccccc3F)CC2)sc2nc(-c3ccco3)nn12. The molecule has 1 saturated heterocycles. The summed E-state index contributed by atoms with van der Waals surface area (Å²) in [7, 11) is 0. The van der Waals surface area contributed by atoms with E-state index in [2.05, 4.69) is 15.0 Å². The summed E-state index contributed by atoms with van der Waals surface area (Å²) in [5.41, 5.74) is 1.40. The van der Waals surface area contributed by atoms with Crippen molar-refractivity contribution in [2.45, 2.75) is 6.04 Å². The van der Waals surface area contributed by atoms with Crippen LogP contribution in [0, 0.1) is 5.82 Å². The highest BCUT2D eigenvalue weighted by atomic mass is 35.5. The van der Waals surface area contributed by atoms with Crippen LogP contribution in [0.2, 0.25) is 10.0 Å². The number of furan rings is 1. The van der Waals surface area contributed by atoms with Gasteiger partial charge in [-0.1, -0.05) is 52.7 Å². The van der Waals surface area contributed by atoms with E-state index in [1.807, 2.05) is 17.0 Å². The molecule has 7 nitrogen and oxygen atoms in total. The molecular weight excluding hydrogens is 524 g/mol. The maximum Gasteiger partial charge on any atom is 0.230 e. The molecule has 0 saturated carbocycles. The molecule has 2 aromatic carbocycles. The van der Waals surface area contributed by atoms with E-state index >= 15 is 0 Å². The first-order valence-electron chi connectivity index (χ1n) is 11.3. The number of halogens is 3. The van der Waals surface area contributed by atoms with Gasteiger partial charge in [0.25, 0.3) is 0 Å². The van der Waals surface area contributed by atoms with Gasteiger partial charge < -0.3 is 14.4 Å². The summed E-state index contributed by atoms with van der Waals surface area (Å²) in [6.07, 6.45) is 1.55. The topological polar surface area (TPSA) is 70.0 Å². The minimum absolute atomic E-state index is 0.00661. The fourth-order valence-electron chi connectivity index (χ4n) is 4.59. The third-order valence-corrected chi connectivity index (χ3v) is 7.95. The van der Waals surface area contributed by atoms with Crippen molar-refractivity contribution in [3.63, 3.8) is 0 Å². The molecule has 0 spiro atoms. The maximum absolute atomic E-state index is 14.4. The zero-order valence-corrected chi connectivity index (χ0v) is 21.1. The Kier molecular flexibility index (Phi) is 6.08. The van der Waals surface area contributed by atoms with E-state index in [1.54, 1.807) is 42.7 Å². The maximum atomic E-state index is 14.4. The van der Waals surface area contributed by atoms with Gasteiger partial charge in [-0.05, 0) is 42.0 Å². The van der Waals surface area contributed by atoms with Gasteiger partial charge in [-0.15, -0.1) is 5.10 Å². The molecule has 1 fully saturated rings. The van der Waals surface area contributed by atoms with Gasteiger partial charge in [-0.3, -0.25) is 4.90 Å². The molecule has 36 heavy (non-hydrogen) atoms. The second kappa shape index (κ2) is 9.40. The molecule has 5 aromatic rings. The molecule has 6 rings (SSSR count). The molecule has 1 aliphatic rings. The van der Waals surface area contributed by atoms with Crippen LogP contribution < -0.4 is 4.90 Å². The number of thiazole rings is 1. The Labute approximate surface area is 219 Å². The number of hydrogen-bond donors (Lipinski definition) is 1. The molecule has 0 radical (unpaired) electrons. The molecule has 1 N–H and O–H groups in total. The van der Waals surface area contributed by atoms with E-state index in [0.29, 0.717) is 63.3 Å². The minimum Gasteiger partial charge on any atom is -0.492 e. The van der Waals surface area contributed by atoms with Crippen molar-refractivity contribution < 1.29 is 13.9 Å². The number of anilines is 1. The third kappa shape index (κ3) is 4.12. The first-order chi connectivity index (χ1) is 17.5. The Morgan fingerprint density at radius 3 is 2.53 bits per heavy atom. The Balaban J connectivity index is 1.37. The van der Waals surface area contributed by atoms with Crippen LogP contribution in [-0.2, 0) is 0 Å². The molecule has 0 bridgehead atoms. The standard InChI is InChI=1S/C25H20Cl2FN5O2S/c26-15-7-8-16(17(27)14-15)21(32-11-9-31(10-12-32)19-5-2-1-4-18(19)28)22-24(34)33-25(36-22)29-23(30-33)20-6-3-13-35-20/h1-8,13-14,21,34H,9-12H2/t21-/m0/s1. The zero-order valence-electron chi connectivity index (χ0n) is 18.8. The molecule has 1 aliphatic heterocycles. The van der Waals surface area contributed by atoms with Gasteiger partial charge in [0.1, 0.15) is 5.82 Å². The number of fused-ring (bicyclic) bond motifs is 1. The molecule has 0 amide bonds. The summed E-state index contributed by atoms with van der Waals surface area (Å²) in [6.45, 7) is 2.49. The van der Waals surface area contributed by atoms with Crippen LogP contribution >= 0.6 is 34.5 Å². The molecule has 1 atom stereocenters. The number of hydrogen-bond acceptors (Lipinski definition) is 7. The summed E-state index contributed by atoms with van der Waals surface area (Å²) in [4.78, 5) is 10.0. The first kappa shape index (κ1) is 23.3. The van der Waals surface area contributed by atoms with Crippen molar-refractivity contribution >= 4 is 45.2 Å². The monoisotopic (exact) mass is 543 g/mol. The fourth-order valence-corrected chi connectivity index (χ4v) is 6.21. The van der Waals surface area contributed by atoms with Crippen molar-refractivity contribution in [3.05, 3.63) is 87.2 Å². The lowest BCUT2D eigenvalue weighted by atomic mass is 10.0. The van der Waals surface area contributed by atoms with Crippen molar-refractivity contribution in [1.82, 2.24) is 19.5 Å². The Hall–Kier alpha value is -3.11. The van der Waals surface area contributed by atoms with Gasteiger partial charge in [-0.2, -0.15) is 9.50 Å². The summed E-state index contributed by atoms with van der Waals surface area (Å²) in [6, 6.07) is 15.3. The van der Waals surface area contributed by atoms with Crippen LogP contribution in [0.25, 0.3) is 16.5 Å². The summed E-state index contributed by atoms with van der Waals surface area (Å²) in [5, 5.41) is 16.7. The highest BCUT2D eigenvalue weighted by molar-refractivity contribution is 7.17. The molecule has 4 heterocycles. The van der Waals surface area contributed by atoms with Crippen LogP contribution in [-0.4, -0.2) is 50.8 Å². The molecule has 3 aromatic heterocycles. The molecular formula is C25H20Cl2FN5O2S. The van der Waals surface area contributed by atoms with Crippen molar-refractivity contribution in [3.8, 4) is 17.5 Å². The number of piperazine rings is 1. The second-order valence-electron chi connectivity index (χ2n) is 8.44. The van der Waals surface area contributed by atoms with Crippen molar-refractivity contribution in [2.75, 3.05) is 31.1 Å². The largest absolute Gasteiger partial charge is 0.492 e. The first-order valence-corrected chi connectivity index (χ1v) is 12.9. The number of para-hydroxylation sites is 1. The minimum atomic E-state index is -0.363. The Morgan fingerprint density at radius 1 is 1.03 bits per heavy atom. The van der Waals surface area contributed by atoms with Crippen LogP contribution in [0.4, 0.5) is 10.1 Å². The van der Waals surface area contributed by atoms with Gasteiger partial charge in [0.2, 0.25) is 16.7 Å². The fraction of sp³-hybridized carbons (Fsp3) is 0.200. The van der Waals surface area contributed by atoms with Crippen LogP contribution in [0.1, 0.15) is 16.5 Å². The number of benzene rings is 2. The summed E-state index contributed by atoms with van der Waals surface area (Å²) < 4.78 is 21.2. The molecule has 11 heteroatoms. The second-order valence-corrected chi connectivity index (χ2v) is 10.3. The van der Waals surface area contributed by atoms with E-state index in [4.69, 9.17) is 27.6 Å². The Bertz CT molecular complexity index is 1530. The normalized spacial score (nSPS) is 15.6. The van der Waals surface area contributed by atoms with Gasteiger partial charge in [-0.25, -0.2) is 4.39 Å². The number of nitrogens with zero attached hydrogens (tertiary/aromatic N) is 5.